The standard InChI is InChI=1S/C24H25F6N3O4S/c25-23(26,27)22(35,24(28,29)30)18-11-9-17(10-12-18)16-33-20-7-2-1-6-19(20)32(38(33,36)37)15-5-8-21(34)31-13-3-4-14-31/h1-2,6-7,9-12,35H,3-5,8,13-16H2. The van der Waals surface area contributed by atoms with Crippen molar-refractivity contribution in [2.75, 3.05) is 28.2 Å². The average molecular weight is 566 g/mol. The summed E-state index contributed by atoms with van der Waals surface area (Å²) < 4.78 is 108. The predicted molar refractivity (Wildman–Crippen MR) is 126 cm³/mol. The molecular formula is C24H25F6N3O4S. The summed E-state index contributed by atoms with van der Waals surface area (Å²) in [7, 11) is -4.15. The van der Waals surface area contributed by atoms with Gasteiger partial charge in [-0.2, -0.15) is 34.8 Å². The largest absolute Gasteiger partial charge is 0.430 e. The number of amides is 1. The van der Waals surface area contributed by atoms with Crippen LogP contribution in [0.15, 0.2) is 48.5 Å². The van der Waals surface area contributed by atoms with Crippen molar-refractivity contribution in [1.82, 2.24) is 4.90 Å². The number of carbonyl (C=O) groups is 1. The lowest BCUT2D eigenvalue weighted by Crippen LogP contribution is -2.53. The SMILES string of the molecule is O=C(CCCN1c2ccccc2N(Cc2ccc(C(O)(C(F)(F)F)C(F)(F)F)cc2)S1(=O)=O)N1CCCC1. The number of fused-ring (bicyclic) bond motifs is 1. The molecular weight excluding hydrogens is 540 g/mol. The Morgan fingerprint density at radius 1 is 0.842 bits per heavy atom. The van der Waals surface area contributed by atoms with Gasteiger partial charge < -0.3 is 10.0 Å². The molecule has 2 aromatic rings. The van der Waals surface area contributed by atoms with Crippen molar-refractivity contribution in [3.8, 4) is 0 Å². The van der Waals surface area contributed by atoms with Crippen LogP contribution in [0.2, 0.25) is 0 Å². The average Bonchev–Trinajstić information content (AvgIpc) is 3.44. The molecule has 2 aliphatic heterocycles. The molecule has 0 atom stereocenters. The van der Waals surface area contributed by atoms with Gasteiger partial charge in [0.25, 0.3) is 5.60 Å². The van der Waals surface area contributed by atoms with E-state index in [0.717, 1.165) is 33.6 Å². The van der Waals surface area contributed by atoms with Crippen molar-refractivity contribution in [3.63, 3.8) is 0 Å². The van der Waals surface area contributed by atoms with Gasteiger partial charge in [0.2, 0.25) is 5.91 Å². The van der Waals surface area contributed by atoms with E-state index in [1.54, 1.807) is 23.1 Å². The number of likely N-dealkylation sites (tertiary alicyclic amines) is 1. The molecule has 0 bridgehead atoms. The number of aliphatic hydroxyl groups is 1. The molecule has 4 rings (SSSR count). The fourth-order valence-electron chi connectivity index (χ4n) is 4.66. The van der Waals surface area contributed by atoms with Gasteiger partial charge in [0.15, 0.2) is 0 Å². The molecule has 1 N–H and O–H groups in total. The van der Waals surface area contributed by atoms with E-state index >= 15 is 0 Å². The minimum atomic E-state index is -6.03. The van der Waals surface area contributed by atoms with E-state index in [9.17, 15) is 44.7 Å². The molecule has 14 heteroatoms. The van der Waals surface area contributed by atoms with Crippen molar-refractivity contribution in [1.29, 1.82) is 0 Å². The number of para-hydroxylation sites is 2. The van der Waals surface area contributed by atoms with Crippen molar-refractivity contribution in [2.24, 2.45) is 0 Å². The molecule has 2 heterocycles. The molecule has 0 aliphatic carbocycles. The molecule has 1 fully saturated rings. The highest BCUT2D eigenvalue weighted by molar-refractivity contribution is 7.94. The summed E-state index contributed by atoms with van der Waals surface area (Å²) in [5, 5.41) is 9.58. The predicted octanol–water partition coefficient (Wildman–Crippen LogP) is 4.47. The highest BCUT2D eigenvalue weighted by Gasteiger charge is 2.71. The van der Waals surface area contributed by atoms with Crippen LogP contribution < -0.4 is 8.61 Å². The van der Waals surface area contributed by atoms with E-state index in [0.29, 0.717) is 30.9 Å². The molecule has 0 unspecified atom stereocenters. The van der Waals surface area contributed by atoms with Crippen molar-refractivity contribution >= 4 is 27.5 Å². The van der Waals surface area contributed by atoms with Crippen LogP contribution in [0.3, 0.4) is 0 Å². The molecule has 2 aromatic carbocycles. The Morgan fingerprint density at radius 2 is 1.37 bits per heavy atom. The molecule has 1 saturated heterocycles. The maximum absolute atomic E-state index is 13.4. The summed E-state index contributed by atoms with van der Waals surface area (Å²) in [5.41, 5.74) is -5.78. The van der Waals surface area contributed by atoms with Crippen molar-refractivity contribution < 1.29 is 44.7 Å². The van der Waals surface area contributed by atoms with Crippen LogP contribution in [-0.2, 0) is 27.1 Å². The molecule has 0 aromatic heterocycles. The van der Waals surface area contributed by atoms with Crippen LogP contribution >= 0.6 is 0 Å². The second-order valence-electron chi connectivity index (χ2n) is 9.17. The molecule has 1 amide bonds. The normalized spacial score (nSPS) is 17.7. The van der Waals surface area contributed by atoms with Crippen molar-refractivity contribution in [2.45, 2.75) is 50.2 Å². The Labute approximate surface area is 215 Å². The quantitative estimate of drug-likeness (QED) is 0.503. The zero-order valence-corrected chi connectivity index (χ0v) is 20.8. The van der Waals surface area contributed by atoms with E-state index in [1.165, 1.54) is 6.07 Å². The van der Waals surface area contributed by atoms with Crippen LogP contribution in [0.25, 0.3) is 0 Å². The fourth-order valence-corrected chi connectivity index (χ4v) is 6.38. The lowest BCUT2D eigenvalue weighted by molar-refractivity contribution is -0.376. The second-order valence-corrected chi connectivity index (χ2v) is 10.9. The number of anilines is 2. The van der Waals surface area contributed by atoms with Gasteiger partial charge >= 0.3 is 22.6 Å². The Bertz CT molecular complexity index is 1260. The molecule has 38 heavy (non-hydrogen) atoms. The molecule has 0 spiro atoms. The summed E-state index contributed by atoms with van der Waals surface area (Å²) in [6, 6.07) is 9.11. The summed E-state index contributed by atoms with van der Waals surface area (Å²) in [6.07, 6.45) is -9.76. The van der Waals surface area contributed by atoms with Crippen LogP contribution in [0.1, 0.15) is 36.8 Å². The maximum Gasteiger partial charge on any atom is 0.430 e. The first-order valence-electron chi connectivity index (χ1n) is 11.8. The van der Waals surface area contributed by atoms with Crippen molar-refractivity contribution in [3.05, 3.63) is 59.7 Å². The number of nitrogens with zero attached hydrogens (tertiary/aromatic N) is 3. The highest BCUT2D eigenvalue weighted by atomic mass is 32.2. The van der Waals surface area contributed by atoms with E-state index in [4.69, 9.17) is 0 Å². The third kappa shape index (κ3) is 4.91. The zero-order chi connectivity index (χ0) is 27.9. The number of hydrogen-bond acceptors (Lipinski definition) is 4. The topological polar surface area (TPSA) is 81.2 Å². The van der Waals surface area contributed by atoms with Crippen LogP contribution in [0, 0.1) is 0 Å². The monoisotopic (exact) mass is 565 g/mol. The van der Waals surface area contributed by atoms with Gasteiger partial charge in [0, 0.05) is 31.6 Å². The summed E-state index contributed by atoms with van der Waals surface area (Å²) in [6.45, 7) is 0.997. The van der Waals surface area contributed by atoms with E-state index in [1.807, 2.05) is 0 Å². The lowest BCUT2D eigenvalue weighted by atomic mass is 9.91. The first-order valence-corrected chi connectivity index (χ1v) is 13.2. The third-order valence-electron chi connectivity index (χ3n) is 6.71. The minimum Gasteiger partial charge on any atom is -0.369 e. The van der Waals surface area contributed by atoms with Gasteiger partial charge in [0.1, 0.15) is 0 Å². The minimum absolute atomic E-state index is 0.0125. The summed E-state index contributed by atoms with van der Waals surface area (Å²) >= 11 is 0. The van der Waals surface area contributed by atoms with Gasteiger partial charge in [-0.05, 0) is 37.0 Å². The van der Waals surface area contributed by atoms with E-state index < -0.39 is 33.7 Å². The van der Waals surface area contributed by atoms with Gasteiger partial charge in [-0.3, -0.25) is 9.10 Å². The molecule has 208 valence electrons. The van der Waals surface area contributed by atoms with Gasteiger partial charge in [-0.25, -0.2) is 4.31 Å². The smallest absolute Gasteiger partial charge is 0.369 e. The second kappa shape index (κ2) is 9.95. The Morgan fingerprint density at radius 3 is 1.89 bits per heavy atom. The molecule has 7 nitrogen and oxygen atoms in total. The summed E-state index contributed by atoms with van der Waals surface area (Å²) in [5.74, 6) is -0.0537. The number of rotatable bonds is 7. The number of alkyl halides is 6. The van der Waals surface area contributed by atoms with Gasteiger partial charge in [-0.15, -0.1) is 0 Å². The Hall–Kier alpha value is -3.00. The summed E-state index contributed by atoms with van der Waals surface area (Å²) in [4.78, 5) is 14.1. The van der Waals surface area contributed by atoms with Crippen LogP contribution in [-0.4, -0.2) is 56.3 Å². The Kier molecular flexibility index (Phi) is 7.34. The third-order valence-corrected chi connectivity index (χ3v) is 8.52. The lowest BCUT2D eigenvalue weighted by Gasteiger charge is -2.32. The zero-order valence-electron chi connectivity index (χ0n) is 20.0. The van der Waals surface area contributed by atoms with E-state index in [2.05, 4.69) is 0 Å². The number of halogens is 6. The molecule has 2 aliphatic rings. The van der Waals surface area contributed by atoms with Crippen LogP contribution in [0.5, 0.6) is 0 Å². The Balaban J connectivity index is 1.54. The van der Waals surface area contributed by atoms with Gasteiger partial charge in [-0.1, -0.05) is 36.4 Å². The highest BCUT2D eigenvalue weighted by Crippen LogP contribution is 2.50. The number of hydrogen-bond donors (Lipinski definition) is 1. The van der Waals surface area contributed by atoms with Crippen LogP contribution in [0.4, 0.5) is 37.7 Å². The van der Waals surface area contributed by atoms with Gasteiger partial charge in [0.05, 0.1) is 17.9 Å². The number of benzene rings is 2. The molecule has 0 saturated carbocycles. The fraction of sp³-hybridized carbons (Fsp3) is 0.458. The first-order chi connectivity index (χ1) is 17.7. The maximum atomic E-state index is 13.4. The number of carbonyl (C=O) groups excluding carboxylic acids is 1. The molecule has 0 radical (unpaired) electrons. The van der Waals surface area contributed by atoms with E-state index in [-0.39, 0.29) is 43.1 Å². The first kappa shape index (κ1) is 28.0.